The minimum atomic E-state index is 0.646. The van der Waals surface area contributed by atoms with Crippen LogP contribution in [0.15, 0.2) is 0 Å². The molecule has 0 aromatic carbocycles. The third-order valence-electron chi connectivity index (χ3n) is 3.64. The Hall–Kier alpha value is -0.0800. The van der Waals surface area contributed by atoms with Gasteiger partial charge in [0, 0.05) is 12.6 Å². The highest BCUT2D eigenvalue weighted by Crippen LogP contribution is 2.50. The van der Waals surface area contributed by atoms with Gasteiger partial charge in [0.15, 0.2) is 0 Å². The quantitative estimate of drug-likeness (QED) is 0.676. The number of hydrogen-bond donors (Lipinski definition) is 1. The van der Waals surface area contributed by atoms with Crippen LogP contribution in [0.4, 0.5) is 0 Å². The summed E-state index contributed by atoms with van der Waals surface area (Å²) < 4.78 is 0. The molecule has 0 aliphatic heterocycles. The van der Waals surface area contributed by atoms with Crippen molar-refractivity contribution in [3.63, 3.8) is 0 Å². The van der Waals surface area contributed by atoms with E-state index in [1.54, 1.807) is 0 Å². The van der Waals surface area contributed by atoms with Crippen molar-refractivity contribution in [3.05, 3.63) is 0 Å². The first-order chi connectivity index (χ1) is 6.29. The van der Waals surface area contributed by atoms with Gasteiger partial charge in [0.2, 0.25) is 0 Å². The Morgan fingerprint density at radius 1 is 1.38 bits per heavy atom. The first-order valence-corrected chi connectivity index (χ1v) is 5.74. The van der Waals surface area contributed by atoms with Gasteiger partial charge in [0.1, 0.15) is 0 Å². The second kappa shape index (κ2) is 3.58. The van der Waals surface area contributed by atoms with Gasteiger partial charge >= 0.3 is 0 Å². The summed E-state index contributed by atoms with van der Waals surface area (Å²) in [5, 5.41) is 0. The first-order valence-electron chi connectivity index (χ1n) is 5.74. The van der Waals surface area contributed by atoms with Gasteiger partial charge in [0.25, 0.3) is 0 Å². The molecular formula is C11H22N2. The van der Waals surface area contributed by atoms with Crippen molar-refractivity contribution in [2.45, 2.75) is 45.1 Å². The second-order valence-corrected chi connectivity index (χ2v) is 4.83. The highest BCUT2D eigenvalue weighted by Gasteiger charge is 2.44. The summed E-state index contributed by atoms with van der Waals surface area (Å²) in [6, 6.07) is 0.931. The highest BCUT2D eigenvalue weighted by atomic mass is 15.2. The molecule has 13 heavy (non-hydrogen) atoms. The summed E-state index contributed by atoms with van der Waals surface area (Å²) in [5.74, 6) is 0. The maximum absolute atomic E-state index is 5.65. The maximum atomic E-state index is 5.65. The van der Waals surface area contributed by atoms with Gasteiger partial charge in [-0.2, -0.15) is 0 Å². The lowest BCUT2D eigenvalue weighted by Crippen LogP contribution is -2.33. The van der Waals surface area contributed by atoms with E-state index in [1.807, 2.05) is 0 Å². The summed E-state index contributed by atoms with van der Waals surface area (Å²) >= 11 is 0. The molecule has 2 saturated carbocycles. The molecule has 76 valence electrons. The zero-order valence-electron chi connectivity index (χ0n) is 8.76. The van der Waals surface area contributed by atoms with E-state index in [0.717, 1.165) is 12.6 Å². The van der Waals surface area contributed by atoms with Crippen molar-refractivity contribution in [2.24, 2.45) is 11.1 Å². The van der Waals surface area contributed by atoms with Gasteiger partial charge in [-0.05, 0) is 50.6 Å². The van der Waals surface area contributed by atoms with Crippen molar-refractivity contribution in [2.75, 3.05) is 19.6 Å². The molecule has 2 nitrogen and oxygen atoms in total. The largest absolute Gasteiger partial charge is 0.330 e. The molecule has 0 radical (unpaired) electrons. The number of hydrogen-bond acceptors (Lipinski definition) is 2. The lowest BCUT2D eigenvalue weighted by Gasteiger charge is -2.25. The Kier molecular flexibility index (Phi) is 2.61. The molecular weight excluding hydrogens is 160 g/mol. The number of nitrogens with zero attached hydrogens (tertiary/aromatic N) is 1. The van der Waals surface area contributed by atoms with E-state index >= 15 is 0 Å². The van der Waals surface area contributed by atoms with Crippen LogP contribution in [0.5, 0.6) is 0 Å². The lowest BCUT2D eigenvalue weighted by atomic mass is 10.0. The molecule has 0 aromatic rings. The molecule has 2 aliphatic rings. The van der Waals surface area contributed by atoms with Gasteiger partial charge in [-0.1, -0.05) is 6.92 Å². The first kappa shape index (κ1) is 9.47. The summed E-state index contributed by atoms with van der Waals surface area (Å²) in [4.78, 5) is 2.67. The van der Waals surface area contributed by atoms with Crippen LogP contribution in [0, 0.1) is 5.41 Å². The fourth-order valence-electron chi connectivity index (χ4n) is 2.34. The molecule has 2 heteroatoms. The molecule has 0 bridgehead atoms. The molecule has 0 unspecified atom stereocenters. The van der Waals surface area contributed by atoms with Crippen LogP contribution in [0.25, 0.3) is 0 Å². The minimum absolute atomic E-state index is 0.646. The van der Waals surface area contributed by atoms with Gasteiger partial charge in [-0.15, -0.1) is 0 Å². The molecule has 2 N–H and O–H groups in total. The standard InChI is InChI=1S/C11H22N2/c1-2-13(10-3-4-10)9-11(5-6-11)7-8-12/h10H,2-9,12H2,1H3. The van der Waals surface area contributed by atoms with Crippen LogP contribution < -0.4 is 5.73 Å². The monoisotopic (exact) mass is 182 g/mol. The van der Waals surface area contributed by atoms with Crippen LogP contribution in [-0.4, -0.2) is 30.6 Å². The van der Waals surface area contributed by atoms with Crippen LogP contribution in [0.2, 0.25) is 0 Å². The predicted molar refractivity (Wildman–Crippen MR) is 55.6 cm³/mol. The Bertz CT molecular complexity index is 171. The third kappa shape index (κ3) is 2.23. The molecule has 2 rings (SSSR count). The molecule has 0 saturated heterocycles. The van der Waals surface area contributed by atoms with Crippen molar-refractivity contribution >= 4 is 0 Å². The second-order valence-electron chi connectivity index (χ2n) is 4.83. The lowest BCUT2D eigenvalue weighted by molar-refractivity contribution is 0.214. The Morgan fingerprint density at radius 3 is 2.46 bits per heavy atom. The van der Waals surface area contributed by atoms with E-state index in [9.17, 15) is 0 Å². The van der Waals surface area contributed by atoms with Crippen LogP contribution >= 0.6 is 0 Å². The number of rotatable bonds is 6. The van der Waals surface area contributed by atoms with Crippen molar-refractivity contribution < 1.29 is 0 Å². The van der Waals surface area contributed by atoms with Crippen LogP contribution in [-0.2, 0) is 0 Å². The Balaban J connectivity index is 1.80. The fraction of sp³-hybridized carbons (Fsp3) is 1.00. The summed E-state index contributed by atoms with van der Waals surface area (Å²) in [5.41, 5.74) is 6.29. The SMILES string of the molecule is CCN(CC1(CCN)CC1)C1CC1. The molecule has 2 fully saturated rings. The molecule has 0 spiro atoms. The van der Waals surface area contributed by atoms with E-state index in [1.165, 1.54) is 45.2 Å². The van der Waals surface area contributed by atoms with Crippen LogP contribution in [0.3, 0.4) is 0 Å². The Labute approximate surface area is 81.5 Å². The van der Waals surface area contributed by atoms with Gasteiger partial charge in [0.05, 0.1) is 0 Å². The highest BCUT2D eigenvalue weighted by molar-refractivity contribution is 4.98. The average molecular weight is 182 g/mol. The average Bonchev–Trinajstić information content (AvgIpc) is 2.96. The van der Waals surface area contributed by atoms with Gasteiger partial charge < -0.3 is 10.6 Å². The van der Waals surface area contributed by atoms with Crippen molar-refractivity contribution in [1.29, 1.82) is 0 Å². The van der Waals surface area contributed by atoms with Gasteiger partial charge in [-0.25, -0.2) is 0 Å². The third-order valence-corrected chi connectivity index (χ3v) is 3.64. The predicted octanol–water partition coefficient (Wildman–Crippen LogP) is 1.60. The maximum Gasteiger partial charge on any atom is 0.00965 e. The molecule has 0 atom stereocenters. The van der Waals surface area contributed by atoms with E-state index in [4.69, 9.17) is 5.73 Å². The normalized spacial score (nSPS) is 25.2. The molecule has 0 aromatic heterocycles. The van der Waals surface area contributed by atoms with Crippen LogP contribution in [0.1, 0.15) is 39.0 Å². The minimum Gasteiger partial charge on any atom is -0.330 e. The topological polar surface area (TPSA) is 29.3 Å². The Morgan fingerprint density at radius 2 is 2.08 bits per heavy atom. The van der Waals surface area contributed by atoms with E-state index in [2.05, 4.69) is 11.8 Å². The fourth-order valence-corrected chi connectivity index (χ4v) is 2.34. The smallest absolute Gasteiger partial charge is 0.00965 e. The van der Waals surface area contributed by atoms with Crippen molar-refractivity contribution in [3.8, 4) is 0 Å². The molecule has 0 heterocycles. The number of nitrogens with two attached hydrogens (primary N) is 1. The summed E-state index contributed by atoms with van der Waals surface area (Å²) in [6.45, 7) is 5.72. The van der Waals surface area contributed by atoms with E-state index < -0.39 is 0 Å². The summed E-state index contributed by atoms with van der Waals surface area (Å²) in [7, 11) is 0. The zero-order chi connectivity index (χ0) is 9.31. The van der Waals surface area contributed by atoms with Gasteiger partial charge in [-0.3, -0.25) is 0 Å². The zero-order valence-corrected chi connectivity index (χ0v) is 8.76. The molecule has 0 amide bonds. The van der Waals surface area contributed by atoms with Crippen molar-refractivity contribution in [1.82, 2.24) is 4.90 Å². The summed E-state index contributed by atoms with van der Waals surface area (Å²) in [6.07, 6.45) is 6.97. The van der Waals surface area contributed by atoms with E-state index in [0.29, 0.717) is 5.41 Å². The van der Waals surface area contributed by atoms with E-state index in [-0.39, 0.29) is 0 Å². The molecule has 2 aliphatic carbocycles.